The van der Waals surface area contributed by atoms with Crippen LogP contribution in [0.25, 0.3) is 0 Å². The van der Waals surface area contributed by atoms with Crippen LogP contribution in [0.3, 0.4) is 0 Å². The Balaban J connectivity index is 3.73. The van der Waals surface area contributed by atoms with Crippen molar-refractivity contribution in [1.29, 1.82) is 0 Å². The van der Waals surface area contributed by atoms with Crippen LogP contribution in [0.5, 0.6) is 0 Å². The van der Waals surface area contributed by atoms with Crippen LogP contribution in [0.4, 0.5) is 0 Å². The number of hydrogen-bond acceptors (Lipinski definition) is 3. The molecule has 4 nitrogen and oxygen atoms in total. The van der Waals surface area contributed by atoms with E-state index in [9.17, 15) is 15.0 Å². The summed E-state index contributed by atoms with van der Waals surface area (Å²) in [7, 11) is 0. The number of carbonyl (C=O) groups excluding carboxylic acids is 1. The van der Waals surface area contributed by atoms with Crippen molar-refractivity contribution >= 4 is 5.91 Å². The van der Waals surface area contributed by atoms with E-state index in [0.717, 1.165) is 109 Å². The van der Waals surface area contributed by atoms with Gasteiger partial charge in [-0.2, -0.15) is 0 Å². The first kappa shape index (κ1) is 53.5. The lowest BCUT2D eigenvalue weighted by Gasteiger charge is -2.20. The number of unbranched alkanes of at least 4 members (excludes halogenated alkanes) is 12. The van der Waals surface area contributed by atoms with Gasteiger partial charge >= 0.3 is 0 Å². The molecule has 0 rings (SSSR count). The molecule has 4 heteroatoms. The summed E-state index contributed by atoms with van der Waals surface area (Å²) in [6.07, 6.45) is 74.2. The molecule has 0 radical (unpaired) electrons. The number of aliphatic hydroxyl groups is 2. The third-order valence-electron chi connectivity index (χ3n) is 9.39. The predicted octanol–water partition coefficient (Wildman–Crippen LogP) is 14.7. The lowest BCUT2D eigenvalue weighted by atomic mass is 10.1. The molecular formula is C53H85NO3. The minimum atomic E-state index is -0.857. The average Bonchev–Trinajstić information content (AvgIpc) is 3.22. The molecule has 0 bridgehead atoms. The Labute approximate surface area is 351 Å². The highest BCUT2D eigenvalue weighted by Gasteiger charge is 2.17. The molecule has 2 unspecified atom stereocenters. The molecule has 0 aromatic rings. The Morgan fingerprint density at radius 1 is 0.439 bits per heavy atom. The van der Waals surface area contributed by atoms with Gasteiger partial charge in [0.1, 0.15) is 0 Å². The highest BCUT2D eigenvalue weighted by Crippen LogP contribution is 2.11. The van der Waals surface area contributed by atoms with E-state index in [4.69, 9.17) is 0 Å². The number of allylic oxidation sites excluding steroid dienone is 21. The van der Waals surface area contributed by atoms with Gasteiger partial charge in [-0.1, -0.05) is 205 Å². The average molecular weight is 784 g/mol. The number of amides is 1. The van der Waals surface area contributed by atoms with Gasteiger partial charge in [-0.15, -0.1) is 0 Å². The fourth-order valence-corrected chi connectivity index (χ4v) is 5.91. The van der Waals surface area contributed by atoms with Crippen LogP contribution in [0, 0.1) is 0 Å². The van der Waals surface area contributed by atoms with Crippen molar-refractivity contribution in [2.45, 2.75) is 187 Å². The number of hydrogen-bond donors (Lipinski definition) is 3. The third kappa shape index (κ3) is 43.5. The molecule has 0 saturated heterocycles. The Morgan fingerprint density at radius 3 is 1.16 bits per heavy atom. The van der Waals surface area contributed by atoms with E-state index >= 15 is 0 Å². The van der Waals surface area contributed by atoms with Crippen molar-refractivity contribution in [2.75, 3.05) is 6.61 Å². The zero-order chi connectivity index (χ0) is 41.4. The summed E-state index contributed by atoms with van der Waals surface area (Å²) in [4.78, 5) is 12.3. The minimum Gasteiger partial charge on any atom is -0.394 e. The van der Waals surface area contributed by atoms with E-state index < -0.39 is 12.1 Å². The maximum Gasteiger partial charge on any atom is 0.220 e. The first-order valence-electron chi connectivity index (χ1n) is 22.9. The van der Waals surface area contributed by atoms with Gasteiger partial charge in [0.05, 0.1) is 18.8 Å². The zero-order valence-electron chi connectivity index (χ0n) is 36.5. The van der Waals surface area contributed by atoms with Gasteiger partial charge in [0.2, 0.25) is 5.91 Å². The van der Waals surface area contributed by atoms with Crippen LogP contribution in [-0.2, 0) is 4.79 Å². The van der Waals surface area contributed by atoms with Crippen molar-refractivity contribution in [3.8, 4) is 0 Å². The molecule has 0 aromatic carbocycles. The molecule has 0 fully saturated rings. The quantitative estimate of drug-likeness (QED) is 0.0429. The topological polar surface area (TPSA) is 69.6 Å². The molecule has 0 spiro atoms. The maximum absolute atomic E-state index is 12.3. The summed E-state index contributed by atoms with van der Waals surface area (Å²) in [5.41, 5.74) is 0. The second-order valence-electron chi connectivity index (χ2n) is 14.7. The van der Waals surface area contributed by atoms with E-state index in [1.165, 1.54) is 44.9 Å². The summed E-state index contributed by atoms with van der Waals surface area (Å²) in [5.74, 6) is -0.0978. The second kappa shape index (κ2) is 46.9. The first-order chi connectivity index (χ1) is 28.2. The predicted molar refractivity (Wildman–Crippen MR) is 252 cm³/mol. The smallest absolute Gasteiger partial charge is 0.220 e. The summed E-state index contributed by atoms with van der Waals surface area (Å²) in [5, 5.41) is 22.9. The number of aliphatic hydroxyl groups excluding tert-OH is 2. The van der Waals surface area contributed by atoms with E-state index in [-0.39, 0.29) is 12.5 Å². The minimum absolute atomic E-state index is 0.0978. The van der Waals surface area contributed by atoms with Gasteiger partial charge in [0, 0.05) is 6.42 Å². The van der Waals surface area contributed by atoms with E-state index in [0.29, 0.717) is 6.42 Å². The Hall–Kier alpha value is -3.47. The molecule has 0 saturated carbocycles. The molecule has 1 amide bonds. The molecule has 3 N–H and O–H groups in total. The number of rotatable bonds is 39. The molecule has 0 aliphatic rings. The number of nitrogens with one attached hydrogen (secondary N) is 1. The summed E-state index contributed by atoms with van der Waals surface area (Å²) in [6.45, 7) is 4.14. The summed E-state index contributed by atoms with van der Waals surface area (Å²) in [6, 6.07) is -0.644. The van der Waals surface area contributed by atoms with E-state index in [1.54, 1.807) is 6.08 Å². The second-order valence-corrected chi connectivity index (χ2v) is 14.7. The molecule has 320 valence electrons. The summed E-state index contributed by atoms with van der Waals surface area (Å²) < 4.78 is 0. The van der Waals surface area contributed by atoms with E-state index in [2.05, 4.69) is 141 Å². The highest BCUT2D eigenvalue weighted by molar-refractivity contribution is 5.76. The summed E-state index contributed by atoms with van der Waals surface area (Å²) >= 11 is 0. The lowest BCUT2D eigenvalue weighted by molar-refractivity contribution is -0.123. The SMILES string of the molecule is CC/C=C\C/C=C\C/C=C\C/C=C\C/C=C\C/C=C\C/C=C\C/C=C\C/C=C\C/C=C\CCCCCCC(=O)NC(CO)C(O)/C=C/CCCCCCCCCC. The standard InChI is InChI=1S/C53H85NO3/c1-3-5-7-9-11-13-15-16-17-18-19-20-21-22-23-24-25-26-27-28-29-30-31-32-33-34-35-36-37-38-39-41-43-45-47-49-53(57)54-51(50-55)52(56)48-46-44-42-40-14-12-10-8-6-4-2/h5,7,11,13,16-17,19-20,22-23,25-26,28-29,31-32,34-35,37-38,46,48,51-52,55-56H,3-4,6,8-10,12,14-15,18,21,24,27,30,33,36,39-45,47,49-50H2,1-2H3,(H,54,57)/b7-5-,13-11-,17-16-,20-19-,23-22-,26-25-,29-28-,32-31-,35-34-,38-37-,48-46+. The zero-order valence-corrected chi connectivity index (χ0v) is 36.5. The molecule has 57 heavy (non-hydrogen) atoms. The third-order valence-corrected chi connectivity index (χ3v) is 9.39. The molecular weight excluding hydrogens is 699 g/mol. The van der Waals surface area contributed by atoms with Gasteiger partial charge in [-0.25, -0.2) is 0 Å². The molecule has 0 aliphatic carbocycles. The van der Waals surface area contributed by atoms with E-state index in [1.807, 2.05) is 6.08 Å². The fraction of sp³-hybridized carbons (Fsp3) is 0.566. The lowest BCUT2D eigenvalue weighted by Crippen LogP contribution is -2.45. The van der Waals surface area contributed by atoms with Gasteiger partial charge in [0.15, 0.2) is 0 Å². The van der Waals surface area contributed by atoms with Crippen molar-refractivity contribution < 1.29 is 15.0 Å². The van der Waals surface area contributed by atoms with Crippen molar-refractivity contribution in [3.63, 3.8) is 0 Å². The van der Waals surface area contributed by atoms with Crippen LogP contribution in [0.1, 0.15) is 174 Å². The van der Waals surface area contributed by atoms with Crippen molar-refractivity contribution in [1.82, 2.24) is 5.32 Å². The van der Waals surface area contributed by atoms with Gasteiger partial charge in [-0.05, 0) is 96.3 Å². The molecule has 0 aromatic heterocycles. The van der Waals surface area contributed by atoms with Crippen LogP contribution >= 0.6 is 0 Å². The monoisotopic (exact) mass is 784 g/mol. The molecule has 2 atom stereocenters. The van der Waals surface area contributed by atoms with Crippen LogP contribution < -0.4 is 5.32 Å². The maximum atomic E-state index is 12.3. The van der Waals surface area contributed by atoms with Crippen molar-refractivity contribution in [3.05, 3.63) is 134 Å². The van der Waals surface area contributed by atoms with Gasteiger partial charge in [0.25, 0.3) is 0 Å². The fourth-order valence-electron chi connectivity index (χ4n) is 5.91. The Bertz CT molecular complexity index is 1210. The van der Waals surface area contributed by atoms with Crippen LogP contribution in [-0.4, -0.2) is 34.9 Å². The highest BCUT2D eigenvalue weighted by atomic mass is 16.3. The van der Waals surface area contributed by atoms with Crippen LogP contribution in [0.15, 0.2) is 134 Å². The van der Waals surface area contributed by atoms with Gasteiger partial charge < -0.3 is 15.5 Å². The Morgan fingerprint density at radius 2 is 0.772 bits per heavy atom. The molecule has 0 heterocycles. The van der Waals surface area contributed by atoms with Crippen molar-refractivity contribution in [2.24, 2.45) is 0 Å². The van der Waals surface area contributed by atoms with Gasteiger partial charge in [-0.3, -0.25) is 4.79 Å². The van der Waals surface area contributed by atoms with Crippen LogP contribution in [0.2, 0.25) is 0 Å². The molecule has 0 aliphatic heterocycles. The Kier molecular flexibility index (Phi) is 44.1. The first-order valence-corrected chi connectivity index (χ1v) is 22.9. The largest absolute Gasteiger partial charge is 0.394 e. The number of carbonyl (C=O) groups is 1. The normalized spacial score (nSPS) is 14.2.